The lowest BCUT2D eigenvalue weighted by Crippen LogP contribution is -2.18. The van der Waals surface area contributed by atoms with Gasteiger partial charge in [0, 0.05) is 0 Å². The van der Waals surface area contributed by atoms with Gasteiger partial charge in [-0.1, -0.05) is 59.2 Å². The van der Waals surface area contributed by atoms with Gasteiger partial charge < -0.3 is 0 Å². The fourth-order valence-corrected chi connectivity index (χ4v) is 2.54. The molecule has 1 aromatic rings. The van der Waals surface area contributed by atoms with Crippen LogP contribution in [0.3, 0.4) is 0 Å². The number of rotatable bonds is 4. The van der Waals surface area contributed by atoms with Gasteiger partial charge in [-0.25, -0.2) is 0 Å². The van der Waals surface area contributed by atoms with Gasteiger partial charge in [0.2, 0.25) is 0 Å². The maximum Gasteiger partial charge on any atom is 0.416 e. The third-order valence-electron chi connectivity index (χ3n) is 3.81. The van der Waals surface area contributed by atoms with Crippen molar-refractivity contribution in [1.29, 1.82) is 0 Å². The van der Waals surface area contributed by atoms with E-state index in [9.17, 15) is 13.2 Å². The second kappa shape index (κ2) is 6.19. The summed E-state index contributed by atoms with van der Waals surface area (Å²) in [6.07, 6.45) is -2.40. The van der Waals surface area contributed by atoms with E-state index in [1.54, 1.807) is 0 Å². The molecule has 2 atom stereocenters. The van der Waals surface area contributed by atoms with Crippen molar-refractivity contribution >= 4 is 0 Å². The average Bonchev–Trinajstić information content (AvgIpc) is 2.33. The lowest BCUT2D eigenvalue weighted by Gasteiger charge is -2.31. The van der Waals surface area contributed by atoms with Crippen molar-refractivity contribution in [2.45, 2.75) is 59.6 Å². The first kappa shape index (κ1) is 17.1. The van der Waals surface area contributed by atoms with Crippen LogP contribution in [0.15, 0.2) is 24.3 Å². The Hall–Kier alpha value is -0.990. The highest BCUT2D eigenvalue weighted by Gasteiger charge is 2.32. The molecule has 0 bridgehead atoms. The van der Waals surface area contributed by atoms with Gasteiger partial charge in [-0.15, -0.1) is 0 Å². The molecule has 1 aromatic carbocycles. The molecule has 0 aliphatic heterocycles. The monoisotopic (exact) mass is 286 g/mol. The third kappa shape index (κ3) is 4.84. The molecule has 0 radical (unpaired) electrons. The van der Waals surface area contributed by atoms with Crippen LogP contribution < -0.4 is 0 Å². The summed E-state index contributed by atoms with van der Waals surface area (Å²) in [6.45, 7) is 10.6. The van der Waals surface area contributed by atoms with Crippen LogP contribution in [0.25, 0.3) is 0 Å². The molecular formula is C17H25F3. The second-order valence-corrected chi connectivity index (χ2v) is 6.88. The molecule has 0 spiro atoms. The number of halogens is 3. The van der Waals surface area contributed by atoms with Crippen LogP contribution in [-0.4, -0.2) is 0 Å². The zero-order valence-corrected chi connectivity index (χ0v) is 13.0. The smallest absolute Gasteiger partial charge is 0.166 e. The quantitative estimate of drug-likeness (QED) is 0.611. The molecule has 3 heteroatoms. The summed E-state index contributed by atoms with van der Waals surface area (Å²) in [6, 6.07) is 5.82. The van der Waals surface area contributed by atoms with E-state index in [1.807, 2.05) is 6.07 Å². The molecule has 0 saturated carbocycles. The highest BCUT2D eigenvalue weighted by Crippen LogP contribution is 2.39. The molecule has 114 valence electrons. The van der Waals surface area contributed by atoms with Gasteiger partial charge in [-0.2, -0.15) is 13.2 Å². The maximum atomic E-state index is 12.9. The van der Waals surface area contributed by atoms with Crippen LogP contribution in [0.1, 0.15) is 64.5 Å². The molecule has 0 heterocycles. The van der Waals surface area contributed by atoms with E-state index in [-0.39, 0.29) is 11.3 Å². The minimum absolute atomic E-state index is 0.0995. The molecule has 1 rings (SSSR count). The Morgan fingerprint density at radius 3 is 2.15 bits per heavy atom. The molecule has 0 saturated heterocycles. The predicted octanol–water partition coefficient (Wildman–Crippen LogP) is 6.27. The number of hydrogen-bond donors (Lipinski definition) is 0. The Bertz CT molecular complexity index is 427. The van der Waals surface area contributed by atoms with Crippen molar-refractivity contribution < 1.29 is 13.2 Å². The predicted molar refractivity (Wildman–Crippen MR) is 77.7 cm³/mol. The summed E-state index contributed by atoms with van der Waals surface area (Å²) in [7, 11) is 0. The summed E-state index contributed by atoms with van der Waals surface area (Å²) in [4.78, 5) is 0. The van der Waals surface area contributed by atoms with E-state index in [4.69, 9.17) is 0 Å². The number of alkyl halides is 3. The Balaban J connectivity index is 3.14. The number of benzene rings is 1. The molecule has 2 unspecified atom stereocenters. The molecule has 0 aliphatic rings. The topological polar surface area (TPSA) is 0 Å². The van der Waals surface area contributed by atoms with Gasteiger partial charge in [-0.05, 0) is 35.3 Å². The van der Waals surface area contributed by atoms with Gasteiger partial charge >= 0.3 is 6.18 Å². The van der Waals surface area contributed by atoms with E-state index >= 15 is 0 Å². The first-order chi connectivity index (χ1) is 9.04. The lowest BCUT2D eigenvalue weighted by atomic mass is 9.75. The Labute approximate surface area is 120 Å². The minimum atomic E-state index is -4.27. The minimum Gasteiger partial charge on any atom is -0.166 e. The Kier molecular flexibility index (Phi) is 5.28. The fraction of sp³-hybridized carbons (Fsp3) is 0.647. The van der Waals surface area contributed by atoms with E-state index in [1.165, 1.54) is 12.1 Å². The van der Waals surface area contributed by atoms with Crippen LogP contribution in [0.4, 0.5) is 13.2 Å². The fourth-order valence-electron chi connectivity index (χ4n) is 2.54. The van der Waals surface area contributed by atoms with Crippen LogP contribution in [0.5, 0.6) is 0 Å². The van der Waals surface area contributed by atoms with Gasteiger partial charge in [0.1, 0.15) is 0 Å². The summed E-state index contributed by atoms with van der Waals surface area (Å²) in [5.74, 6) is 0.542. The number of hydrogen-bond acceptors (Lipinski definition) is 0. The molecule has 0 fully saturated rings. The van der Waals surface area contributed by atoms with Crippen molar-refractivity contribution in [3.63, 3.8) is 0 Å². The SMILES string of the molecule is CCC(C)C(CC(C)(C)C)c1cccc(C(F)(F)F)c1. The molecule has 20 heavy (non-hydrogen) atoms. The summed E-state index contributed by atoms with van der Waals surface area (Å²) in [5, 5.41) is 0. The zero-order chi connectivity index (χ0) is 15.6. The van der Waals surface area contributed by atoms with Gasteiger partial charge in [0.05, 0.1) is 5.56 Å². The summed E-state index contributed by atoms with van der Waals surface area (Å²) in [5.41, 5.74) is 0.365. The van der Waals surface area contributed by atoms with Crippen molar-refractivity contribution in [3.8, 4) is 0 Å². The average molecular weight is 286 g/mol. The molecule has 0 aromatic heterocycles. The van der Waals surface area contributed by atoms with Crippen LogP contribution in [0.2, 0.25) is 0 Å². The van der Waals surface area contributed by atoms with Crippen molar-refractivity contribution in [1.82, 2.24) is 0 Å². The summed E-state index contributed by atoms with van der Waals surface area (Å²) >= 11 is 0. The van der Waals surface area contributed by atoms with Crippen LogP contribution in [-0.2, 0) is 6.18 Å². The van der Waals surface area contributed by atoms with Crippen LogP contribution >= 0.6 is 0 Å². The first-order valence-corrected chi connectivity index (χ1v) is 7.21. The molecular weight excluding hydrogens is 261 g/mol. The Morgan fingerprint density at radius 2 is 1.70 bits per heavy atom. The van der Waals surface area contributed by atoms with Crippen molar-refractivity contribution in [2.24, 2.45) is 11.3 Å². The maximum absolute atomic E-state index is 12.9. The Morgan fingerprint density at radius 1 is 1.10 bits per heavy atom. The lowest BCUT2D eigenvalue weighted by molar-refractivity contribution is -0.137. The van der Waals surface area contributed by atoms with E-state index in [2.05, 4.69) is 34.6 Å². The molecule has 0 nitrogen and oxygen atoms in total. The normalized spacial score (nSPS) is 16.0. The molecule has 0 N–H and O–H groups in total. The highest BCUT2D eigenvalue weighted by atomic mass is 19.4. The first-order valence-electron chi connectivity index (χ1n) is 7.21. The zero-order valence-electron chi connectivity index (χ0n) is 13.0. The summed E-state index contributed by atoms with van der Waals surface area (Å²) < 4.78 is 38.6. The van der Waals surface area contributed by atoms with E-state index in [0.717, 1.165) is 24.5 Å². The molecule has 0 amide bonds. The van der Waals surface area contributed by atoms with Crippen LogP contribution in [0, 0.1) is 11.3 Å². The van der Waals surface area contributed by atoms with Crippen molar-refractivity contribution in [2.75, 3.05) is 0 Å². The molecule has 0 aliphatic carbocycles. The standard InChI is InChI=1S/C17H25F3/c1-6-12(2)15(11-16(3,4)5)13-8-7-9-14(10-13)17(18,19)20/h7-10,12,15H,6,11H2,1-5H3. The third-order valence-corrected chi connectivity index (χ3v) is 3.81. The highest BCUT2D eigenvalue weighted by molar-refractivity contribution is 5.29. The van der Waals surface area contributed by atoms with E-state index < -0.39 is 11.7 Å². The largest absolute Gasteiger partial charge is 0.416 e. The van der Waals surface area contributed by atoms with Gasteiger partial charge in [0.25, 0.3) is 0 Å². The van der Waals surface area contributed by atoms with E-state index in [0.29, 0.717) is 5.92 Å². The van der Waals surface area contributed by atoms with Crippen molar-refractivity contribution in [3.05, 3.63) is 35.4 Å². The van der Waals surface area contributed by atoms with Gasteiger partial charge in [0.15, 0.2) is 0 Å². The van der Waals surface area contributed by atoms with Gasteiger partial charge in [-0.3, -0.25) is 0 Å². The second-order valence-electron chi connectivity index (χ2n) is 6.88.